The van der Waals surface area contributed by atoms with Gasteiger partial charge in [0.15, 0.2) is 0 Å². The van der Waals surface area contributed by atoms with Gasteiger partial charge in [0.2, 0.25) is 0 Å². The van der Waals surface area contributed by atoms with Crippen molar-refractivity contribution < 1.29 is 13.3 Å². The van der Waals surface area contributed by atoms with Gasteiger partial charge in [0.25, 0.3) is 0 Å². The highest BCUT2D eigenvalue weighted by molar-refractivity contribution is 5.76. The highest BCUT2D eigenvalue weighted by Gasteiger charge is 2.11. The third-order valence-corrected chi connectivity index (χ3v) is 3.35. The fourth-order valence-corrected chi connectivity index (χ4v) is 2.38. The van der Waals surface area contributed by atoms with E-state index in [1.807, 2.05) is 54.6 Å². The summed E-state index contributed by atoms with van der Waals surface area (Å²) in [5, 5.41) is 0. The van der Waals surface area contributed by atoms with Gasteiger partial charge in [-0.25, -0.2) is 0 Å². The van der Waals surface area contributed by atoms with Crippen LogP contribution in [-0.2, 0) is 0 Å². The Kier molecular flexibility index (Phi) is 2.75. The van der Waals surface area contributed by atoms with E-state index >= 15 is 0 Å². The van der Waals surface area contributed by atoms with Crippen LogP contribution in [0.5, 0.6) is 0 Å². The molecule has 0 aliphatic heterocycles. The Morgan fingerprint density at radius 1 is 0.476 bits per heavy atom. The van der Waals surface area contributed by atoms with Gasteiger partial charge in [0.1, 0.15) is 17.3 Å². The van der Waals surface area contributed by atoms with Crippen LogP contribution in [-0.4, -0.2) is 0 Å². The monoisotopic (exact) mass is 276 g/mol. The zero-order valence-corrected chi connectivity index (χ0v) is 11.2. The minimum Gasteiger partial charge on any atom is -0.464 e. The van der Waals surface area contributed by atoms with Crippen LogP contribution < -0.4 is 0 Å². The van der Waals surface area contributed by atoms with E-state index in [1.54, 1.807) is 18.8 Å². The molecule has 0 aliphatic carbocycles. The van der Waals surface area contributed by atoms with Crippen molar-refractivity contribution in [2.24, 2.45) is 0 Å². The lowest BCUT2D eigenvalue weighted by atomic mass is 10.0. The normalized spacial score (nSPS) is 10.9. The van der Waals surface area contributed by atoms with Gasteiger partial charge in [-0.2, -0.15) is 0 Å². The molecule has 0 unspecified atom stereocenters. The summed E-state index contributed by atoms with van der Waals surface area (Å²) in [4.78, 5) is 0. The maximum atomic E-state index is 5.50. The highest BCUT2D eigenvalue weighted by atomic mass is 16.3. The van der Waals surface area contributed by atoms with Crippen LogP contribution >= 0.6 is 0 Å². The molecule has 1 aromatic carbocycles. The second kappa shape index (κ2) is 4.87. The van der Waals surface area contributed by atoms with E-state index in [9.17, 15) is 0 Å². The van der Waals surface area contributed by atoms with Crippen LogP contribution in [0, 0.1) is 0 Å². The summed E-state index contributed by atoms with van der Waals surface area (Å²) in [6.45, 7) is 0. The minimum atomic E-state index is 0.816. The SMILES string of the molecule is c1coc(-c2cc(-c3ccco3)cc(-c3ccco3)c2)c1. The van der Waals surface area contributed by atoms with Crippen molar-refractivity contribution in [1.29, 1.82) is 0 Å². The summed E-state index contributed by atoms with van der Waals surface area (Å²) in [5.74, 6) is 2.45. The molecule has 4 aromatic rings. The van der Waals surface area contributed by atoms with Crippen molar-refractivity contribution in [1.82, 2.24) is 0 Å². The first kappa shape index (κ1) is 11.9. The van der Waals surface area contributed by atoms with E-state index in [0.29, 0.717) is 0 Å². The molecule has 0 spiro atoms. The highest BCUT2D eigenvalue weighted by Crippen LogP contribution is 2.33. The summed E-state index contributed by atoms with van der Waals surface area (Å²) in [5.41, 5.74) is 2.96. The van der Waals surface area contributed by atoms with Crippen LogP contribution in [0.15, 0.2) is 86.6 Å². The van der Waals surface area contributed by atoms with Crippen molar-refractivity contribution >= 4 is 0 Å². The summed E-state index contributed by atoms with van der Waals surface area (Å²) < 4.78 is 16.5. The van der Waals surface area contributed by atoms with Crippen molar-refractivity contribution in [3.63, 3.8) is 0 Å². The Morgan fingerprint density at radius 3 is 1.05 bits per heavy atom. The van der Waals surface area contributed by atoms with Crippen molar-refractivity contribution in [3.05, 3.63) is 73.4 Å². The van der Waals surface area contributed by atoms with Gasteiger partial charge in [-0.05, 0) is 54.6 Å². The molecule has 3 aromatic heterocycles. The zero-order valence-electron chi connectivity index (χ0n) is 11.2. The van der Waals surface area contributed by atoms with Gasteiger partial charge >= 0.3 is 0 Å². The molecule has 0 N–H and O–H groups in total. The Morgan fingerprint density at radius 2 is 0.810 bits per heavy atom. The molecule has 0 radical (unpaired) electrons. The van der Waals surface area contributed by atoms with E-state index < -0.39 is 0 Å². The third-order valence-electron chi connectivity index (χ3n) is 3.35. The Labute approximate surface area is 121 Å². The Hall–Kier alpha value is -2.94. The largest absolute Gasteiger partial charge is 0.464 e. The lowest BCUT2D eigenvalue weighted by Crippen LogP contribution is -1.82. The first-order chi connectivity index (χ1) is 10.4. The number of benzene rings is 1. The van der Waals surface area contributed by atoms with E-state index in [0.717, 1.165) is 34.0 Å². The van der Waals surface area contributed by atoms with Crippen LogP contribution in [0.1, 0.15) is 0 Å². The van der Waals surface area contributed by atoms with Gasteiger partial charge in [-0.3, -0.25) is 0 Å². The molecular formula is C18H12O3. The lowest BCUT2D eigenvalue weighted by Gasteiger charge is -2.05. The molecule has 3 heteroatoms. The molecule has 0 fully saturated rings. The quantitative estimate of drug-likeness (QED) is 0.498. The maximum absolute atomic E-state index is 5.50. The van der Waals surface area contributed by atoms with Gasteiger partial charge in [0, 0.05) is 16.7 Å². The average Bonchev–Trinajstić information content (AvgIpc) is 3.29. The fourth-order valence-electron chi connectivity index (χ4n) is 2.38. The molecule has 21 heavy (non-hydrogen) atoms. The smallest absolute Gasteiger partial charge is 0.133 e. The Bertz CT molecular complexity index is 696. The molecule has 3 nitrogen and oxygen atoms in total. The summed E-state index contributed by atoms with van der Waals surface area (Å²) >= 11 is 0. The molecule has 3 heterocycles. The maximum Gasteiger partial charge on any atom is 0.133 e. The molecular weight excluding hydrogens is 264 g/mol. The summed E-state index contributed by atoms with van der Waals surface area (Å²) in [7, 11) is 0. The predicted octanol–water partition coefficient (Wildman–Crippen LogP) is 5.47. The number of hydrogen-bond acceptors (Lipinski definition) is 3. The van der Waals surface area contributed by atoms with Crippen LogP contribution in [0.25, 0.3) is 34.0 Å². The average molecular weight is 276 g/mol. The first-order valence-electron chi connectivity index (χ1n) is 6.67. The van der Waals surface area contributed by atoms with E-state index in [4.69, 9.17) is 13.3 Å². The second-order valence-corrected chi connectivity index (χ2v) is 4.73. The van der Waals surface area contributed by atoms with Gasteiger partial charge in [-0.15, -0.1) is 0 Å². The van der Waals surface area contributed by atoms with E-state index in [1.165, 1.54) is 0 Å². The molecule has 4 rings (SSSR count). The van der Waals surface area contributed by atoms with Gasteiger partial charge in [-0.1, -0.05) is 0 Å². The van der Waals surface area contributed by atoms with Crippen LogP contribution in [0.2, 0.25) is 0 Å². The second-order valence-electron chi connectivity index (χ2n) is 4.73. The predicted molar refractivity (Wildman–Crippen MR) is 79.5 cm³/mol. The first-order valence-corrected chi connectivity index (χ1v) is 6.67. The zero-order chi connectivity index (χ0) is 14.1. The molecule has 0 saturated carbocycles. The molecule has 0 atom stereocenters. The van der Waals surface area contributed by atoms with Gasteiger partial charge < -0.3 is 13.3 Å². The summed E-state index contributed by atoms with van der Waals surface area (Å²) in [6, 6.07) is 17.6. The Balaban J connectivity index is 1.92. The lowest BCUT2D eigenvalue weighted by molar-refractivity contribution is 0.578. The summed E-state index contributed by atoms with van der Waals surface area (Å²) in [6.07, 6.45) is 5.00. The third kappa shape index (κ3) is 2.19. The van der Waals surface area contributed by atoms with E-state index in [2.05, 4.69) is 0 Å². The van der Waals surface area contributed by atoms with Crippen LogP contribution in [0.4, 0.5) is 0 Å². The van der Waals surface area contributed by atoms with E-state index in [-0.39, 0.29) is 0 Å². The molecule has 102 valence electrons. The standard InChI is InChI=1S/C18H12O3/c1-4-16(19-7-1)13-10-14(17-5-2-8-20-17)12-15(11-13)18-6-3-9-21-18/h1-12H. The molecule has 0 amide bonds. The fraction of sp³-hybridized carbons (Fsp3) is 0. The number of hydrogen-bond donors (Lipinski definition) is 0. The number of furan rings is 3. The van der Waals surface area contributed by atoms with Gasteiger partial charge in [0.05, 0.1) is 18.8 Å². The number of rotatable bonds is 3. The minimum absolute atomic E-state index is 0.816. The topological polar surface area (TPSA) is 39.4 Å². The van der Waals surface area contributed by atoms with Crippen molar-refractivity contribution in [3.8, 4) is 34.0 Å². The molecule has 0 aliphatic rings. The van der Waals surface area contributed by atoms with Crippen molar-refractivity contribution in [2.75, 3.05) is 0 Å². The van der Waals surface area contributed by atoms with Crippen molar-refractivity contribution in [2.45, 2.75) is 0 Å². The molecule has 0 bridgehead atoms. The van der Waals surface area contributed by atoms with Crippen LogP contribution in [0.3, 0.4) is 0 Å². The molecule has 0 saturated heterocycles.